The summed E-state index contributed by atoms with van der Waals surface area (Å²) < 4.78 is 20.2. The molecule has 10 heavy (non-hydrogen) atoms. The molecule has 1 rings (SSSR count). The topological polar surface area (TPSA) is 85.9 Å². The number of hydrogen-bond donors (Lipinski definition) is 2. The lowest BCUT2D eigenvalue weighted by Gasteiger charge is -1.77. The largest absolute Gasteiger partial charge is 0.374 e. The Balaban J connectivity index is 2.76. The lowest BCUT2D eigenvalue weighted by Crippen LogP contribution is -1.84. The molecule has 0 amide bonds. The highest BCUT2D eigenvalue weighted by Gasteiger charge is 2.00. The van der Waals surface area contributed by atoms with E-state index in [4.69, 9.17) is 5.73 Å². The van der Waals surface area contributed by atoms with Crippen LogP contribution in [0.5, 0.6) is 0 Å². The van der Waals surface area contributed by atoms with Crippen LogP contribution in [0.2, 0.25) is 0 Å². The summed E-state index contributed by atoms with van der Waals surface area (Å²) in [7, 11) is -2.41. The van der Waals surface area contributed by atoms with Crippen LogP contribution in [0, 0.1) is 0 Å². The number of thiol groups is 1. The molecule has 0 aliphatic rings. The molecule has 0 fully saturated rings. The molecule has 0 bridgehead atoms. The van der Waals surface area contributed by atoms with Crippen LogP contribution in [0.3, 0.4) is 0 Å². The van der Waals surface area contributed by atoms with E-state index in [-0.39, 0.29) is 5.75 Å². The molecular formula is C3H5N3O2S2. The summed E-state index contributed by atoms with van der Waals surface area (Å²) in [5, 5.41) is 7.70. The first-order valence-corrected chi connectivity index (χ1v) is 4.56. The van der Waals surface area contributed by atoms with Crippen molar-refractivity contribution in [3.05, 3.63) is 5.01 Å². The first-order chi connectivity index (χ1) is 4.68. The van der Waals surface area contributed by atoms with E-state index in [0.717, 1.165) is 11.3 Å². The molecule has 0 atom stereocenters. The standard InChI is InChI=1S/C3H5N3O2S2/c4-3-6-5-2(9-3)1-10(7)8/h10H,1H2,(H2,4,6). The van der Waals surface area contributed by atoms with E-state index < -0.39 is 10.7 Å². The van der Waals surface area contributed by atoms with Crippen molar-refractivity contribution in [3.63, 3.8) is 0 Å². The Morgan fingerprint density at radius 3 is 2.60 bits per heavy atom. The number of hydrogen-bond acceptors (Lipinski definition) is 6. The van der Waals surface area contributed by atoms with E-state index in [0.29, 0.717) is 10.1 Å². The van der Waals surface area contributed by atoms with Crippen LogP contribution in [0.4, 0.5) is 5.13 Å². The van der Waals surface area contributed by atoms with Crippen molar-refractivity contribution in [1.82, 2.24) is 10.2 Å². The minimum absolute atomic E-state index is 0.0653. The van der Waals surface area contributed by atoms with E-state index in [9.17, 15) is 8.42 Å². The van der Waals surface area contributed by atoms with Crippen LogP contribution >= 0.6 is 11.3 Å². The number of nitrogens with two attached hydrogens (primary N) is 1. The van der Waals surface area contributed by atoms with Gasteiger partial charge in [-0.2, -0.15) is 0 Å². The molecule has 7 heteroatoms. The van der Waals surface area contributed by atoms with Crippen LogP contribution in [-0.4, -0.2) is 18.6 Å². The van der Waals surface area contributed by atoms with Crippen molar-refractivity contribution < 1.29 is 8.42 Å². The van der Waals surface area contributed by atoms with Crippen molar-refractivity contribution in [2.24, 2.45) is 0 Å². The fourth-order valence-corrected chi connectivity index (χ4v) is 1.70. The number of nitrogen functional groups attached to an aromatic ring is 1. The smallest absolute Gasteiger partial charge is 0.203 e. The highest BCUT2D eigenvalue weighted by Crippen LogP contribution is 2.10. The Labute approximate surface area is 62.8 Å². The third-order valence-corrected chi connectivity index (χ3v) is 2.27. The van der Waals surface area contributed by atoms with E-state index in [1.165, 1.54) is 0 Å². The van der Waals surface area contributed by atoms with Gasteiger partial charge in [0.2, 0.25) is 5.13 Å². The average molecular weight is 179 g/mol. The number of nitrogens with zero attached hydrogens (tertiary/aromatic N) is 2. The number of rotatable bonds is 2. The number of anilines is 1. The van der Waals surface area contributed by atoms with Gasteiger partial charge in [0, 0.05) is 0 Å². The molecule has 0 aliphatic heterocycles. The van der Waals surface area contributed by atoms with Crippen molar-refractivity contribution in [2.75, 3.05) is 5.73 Å². The number of aromatic nitrogens is 2. The molecule has 56 valence electrons. The molecular weight excluding hydrogens is 174 g/mol. The third kappa shape index (κ3) is 1.92. The van der Waals surface area contributed by atoms with Gasteiger partial charge in [0.05, 0.1) is 0 Å². The Morgan fingerprint density at radius 2 is 2.20 bits per heavy atom. The van der Waals surface area contributed by atoms with Gasteiger partial charge >= 0.3 is 0 Å². The molecule has 1 heterocycles. The first kappa shape index (κ1) is 7.42. The molecule has 0 aliphatic carbocycles. The normalized spacial score (nSPS) is 10.5. The Hall–Kier alpha value is -0.690. The molecule has 0 saturated heterocycles. The minimum atomic E-state index is -2.41. The van der Waals surface area contributed by atoms with Crippen molar-refractivity contribution >= 4 is 27.2 Å². The molecule has 0 aromatic carbocycles. The van der Waals surface area contributed by atoms with Crippen LogP contribution in [-0.2, 0) is 16.5 Å². The van der Waals surface area contributed by atoms with Gasteiger partial charge in [0.1, 0.15) is 21.5 Å². The van der Waals surface area contributed by atoms with Gasteiger partial charge in [-0.05, 0) is 0 Å². The highest BCUT2D eigenvalue weighted by molar-refractivity contribution is 7.71. The summed E-state index contributed by atoms with van der Waals surface area (Å²) >= 11 is 1.09. The van der Waals surface area contributed by atoms with Gasteiger partial charge in [-0.1, -0.05) is 11.3 Å². The van der Waals surface area contributed by atoms with Crippen LogP contribution in [0.25, 0.3) is 0 Å². The predicted molar refractivity (Wildman–Crippen MR) is 38.3 cm³/mol. The van der Waals surface area contributed by atoms with Crippen LogP contribution < -0.4 is 5.73 Å². The molecule has 0 spiro atoms. The van der Waals surface area contributed by atoms with Crippen molar-refractivity contribution in [1.29, 1.82) is 0 Å². The van der Waals surface area contributed by atoms with Crippen LogP contribution in [0.1, 0.15) is 5.01 Å². The Morgan fingerprint density at radius 1 is 1.50 bits per heavy atom. The van der Waals surface area contributed by atoms with Gasteiger partial charge in [-0.15, -0.1) is 10.2 Å². The zero-order chi connectivity index (χ0) is 7.56. The third-order valence-electron chi connectivity index (χ3n) is 0.747. The van der Waals surface area contributed by atoms with Gasteiger partial charge in [0.25, 0.3) is 0 Å². The lowest BCUT2D eigenvalue weighted by atomic mass is 10.9. The summed E-state index contributed by atoms with van der Waals surface area (Å²) in [6.07, 6.45) is 0. The zero-order valence-corrected chi connectivity index (χ0v) is 6.56. The fraction of sp³-hybridized carbons (Fsp3) is 0.333. The average Bonchev–Trinajstić information content (AvgIpc) is 2.13. The minimum Gasteiger partial charge on any atom is -0.374 e. The van der Waals surface area contributed by atoms with Crippen molar-refractivity contribution in [3.8, 4) is 0 Å². The predicted octanol–water partition coefficient (Wildman–Crippen LogP) is -0.768. The second-order valence-corrected chi connectivity index (χ2v) is 3.60. The summed E-state index contributed by atoms with van der Waals surface area (Å²) in [6.45, 7) is 0. The maximum Gasteiger partial charge on any atom is 0.203 e. The van der Waals surface area contributed by atoms with E-state index in [1.807, 2.05) is 0 Å². The quantitative estimate of drug-likeness (QED) is 0.582. The molecule has 0 saturated carbocycles. The summed E-state index contributed by atoms with van der Waals surface area (Å²) in [4.78, 5) is 0. The fourth-order valence-electron chi connectivity index (χ4n) is 0.441. The molecule has 2 N–H and O–H groups in total. The van der Waals surface area contributed by atoms with E-state index in [1.54, 1.807) is 0 Å². The highest BCUT2D eigenvalue weighted by atomic mass is 32.2. The lowest BCUT2D eigenvalue weighted by molar-refractivity contribution is 0.613. The molecule has 0 radical (unpaired) electrons. The van der Waals surface area contributed by atoms with Crippen molar-refractivity contribution in [2.45, 2.75) is 5.75 Å². The monoisotopic (exact) mass is 179 g/mol. The summed E-state index contributed by atoms with van der Waals surface area (Å²) in [5.41, 5.74) is 5.20. The maximum absolute atomic E-state index is 10.1. The first-order valence-electron chi connectivity index (χ1n) is 2.38. The molecule has 0 unspecified atom stereocenters. The summed E-state index contributed by atoms with van der Waals surface area (Å²) in [6, 6.07) is 0. The Kier molecular flexibility index (Phi) is 2.17. The van der Waals surface area contributed by atoms with Gasteiger partial charge in [-0.3, -0.25) is 0 Å². The Bertz CT molecular complexity index is 284. The second-order valence-electron chi connectivity index (χ2n) is 1.52. The van der Waals surface area contributed by atoms with E-state index >= 15 is 0 Å². The summed E-state index contributed by atoms with van der Waals surface area (Å²) in [5.74, 6) is -0.0653. The van der Waals surface area contributed by atoms with Gasteiger partial charge in [0.15, 0.2) is 0 Å². The second kappa shape index (κ2) is 2.93. The molecule has 1 aromatic heterocycles. The zero-order valence-electron chi connectivity index (χ0n) is 4.85. The van der Waals surface area contributed by atoms with Crippen LogP contribution in [0.15, 0.2) is 0 Å². The molecule has 1 aromatic rings. The SMILES string of the molecule is Nc1nnc(C[SH](=O)=O)s1. The van der Waals surface area contributed by atoms with Gasteiger partial charge in [-0.25, -0.2) is 8.42 Å². The van der Waals surface area contributed by atoms with E-state index in [2.05, 4.69) is 10.2 Å². The van der Waals surface area contributed by atoms with Gasteiger partial charge < -0.3 is 5.73 Å². The molecule has 5 nitrogen and oxygen atoms in total. The maximum atomic E-state index is 10.1.